The van der Waals surface area contributed by atoms with Crippen molar-refractivity contribution in [2.45, 2.75) is 66.3 Å². The summed E-state index contributed by atoms with van der Waals surface area (Å²) in [7, 11) is 0. The van der Waals surface area contributed by atoms with E-state index in [1.807, 2.05) is 0 Å². The van der Waals surface area contributed by atoms with Crippen LogP contribution in [0.5, 0.6) is 0 Å². The third-order valence-electron chi connectivity index (χ3n) is 3.22. The maximum Gasteiger partial charge on any atom is 0.158 e. The topological polar surface area (TPSA) is 18.5 Å². The minimum Gasteiger partial charge on any atom is -0.352 e. The Kier molecular flexibility index (Phi) is 5.77. The standard InChI is InChI=1S/C14H28O2/c1-10(2)9-15-14-8-12(5)6-7-13(16-14)11(3)4/h10-14H,6-9H2,1-5H3/t12-,13-,14-/m1/s1. The Labute approximate surface area is 101 Å². The lowest BCUT2D eigenvalue weighted by atomic mass is 9.97. The van der Waals surface area contributed by atoms with Gasteiger partial charge in [-0.3, -0.25) is 0 Å². The van der Waals surface area contributed by atoms with Crippen molar-refractivity contribution in [1.82, 2.24) is 0 Å². The van der Waals surface area contributed by atoms with E-state index in [0.29, 0.717) is 17.9 Å². The first-order valence-electron chi connectivity index (χ1n) is 6.76. The molecule has 0 saturated carbocycles. The van der Waals surface area contributed by atoms with Gasteiger partial charge in [0.05, 0.1) is 12.7 Å². The van der Waals surface area contributed by atoms with Gasteiger partial charge in [-0.15, -0.1) is 0 Å². The highest BCUT2D eigenvalue weighted by Crippen LogP contribution is 2.27. The lowest BCUT2D eigenvalue weighted by Crippen LogP contribution is -2.27. The monoisotopic (exact) mass is 228 g/mol. The normalized spacial score (nSPS) is 32.1. The zero-order valence-electron chi connectivity index (χ0n) is 11.5. The smallest absolute Gasteiger partial charge is 0.158 e. The minimum absolute atomic E-state index is 0.0206. The van der Waals surface area contributed by atoms with Crippen LogP contribution in [0.25, 0.3) is 0 Å². The SMILES string of the molecule is CC(C)CO[C@H]1C[C@H](C)CC[C@H](C(C)C)O1. The van der Waals surface area contributed by atoms with E-state index < -0.39 is 0 Å². The van der Waals surface area contributed by atoms with Gasteiger partial charge in [-0.25, -0.2) is 0 Å². The molecule has 0 N–H and O–H groups in total. The van der Waals surface area contributed by atoms with Crippen molar-refractivity contribution in [1.29, 1.82) is 0 Å². The zero-order chi connectivity index (χ0) is 12.1. The summed E-state index contributed by atoms with van der Waals surface area (Å²) >= 11 is 0. The molecule has 0 spiro atoms. The van der Waals surface area contributed by atoms with Crippen LogP contribution in [0.3, 0.4) is 0 Å². The lowest BCUT2D eigenvalue weighted by Gasteiger charge is -2.25. The number of hydrogen-bond acceptors (Lipinski definition) is 2. The second-order valence-electron chi connectivity index (χ2n) is 5.99. The molecule has 0 aromatic rings. The molecule has 0 bridgehead atoms. The Balaban J connectivity index is 2.46. The van der Waals surface area contributed by atoms with Crippen LogP contribution in [-0.2, 0) is 9.47 Å². The predicted molar refractivity (Wildman–Crippen MR) is 67.3 cm³/mol. The van der Waals surface area contributed by atoms with Crippen LogP contribution in [0, 0.1) is 17.8 Å². The lowest BCUT2D eigenvalue weighted by molar-refractivity contribution is -0.183. The van der Waals surface area contributed by atoms with Gasteiger partial charge in [-0.1, -0.05) is 34.6 Å². The first-order chi connectivity index (χ1) is 7.49. The molecule has 1 heterocycles. The Morgan fingerprint density at radius 2 is 1.88 bits per heavy atom. The van der Waals surface area contributed by atoms with E-state index in [2.05, 4.69) is 34.6 Å². The van der Waals surface area contributed by atoms with E-state index in [0.717, 1.165) is 18.9 Å². The molecular formula is C14H28O2. The van der Waals surface area contributed by atoms with Crippen molar-refractivity contribution in [3.63, 3.8) is 0 Å². The Morgan fingerprint density at radius 3 is 2.44 bits per heavy atom. The van der Waals surface area contributed by atoms with Crippen molar-refractivity contribution < 1.29 is 9.47 Å². The average Bonchev–Trinajstić information content (AvgIpc) is 2.37. The largest absolute Gasteiger partial charge is 0.352 e. The van der Waals surface area contributed by atoms with Crippen LogP contribution >= 0.6 is 0 Å². The van der Waals surface area contributed by atoms with Crippen LogP contribution in [0.4, 0.5) is 0 Å². The molecule has 16 heavy (non-hydrogen) atoms. The van der Waals surface area contributed by atoms with Crippen LogP contribution in [0.2, 0.25) is 0 Å². The van der Waals surface area contributed by atoms with E-state index in [1.165, 1.54) is 12.8 Å². The van der Waals surface area contributed by atoms with Crippen molar-refractivity contribution >= 4 is 0 Å². The summed E-state index contributed by atoms with van der Waals surface area (Å²) in [5.74, 6) is 1.90. The van der Waals surface area contributed by atoms with Gasteiger partial charge in [-0.05, 0) is 30.6 Å². The van der Waals surface area contributed by atoms with Gasteiger partial charge in [0, 0.05) is 6.42 Å². The van der Waals surface area contributed by atoms with Gasteiger partial charge in [-0.2, -0.15) is 0 Å². The van der Waals surface area contributed by atoms with Crippen LogP contribution in [0.1, 0.15) is 53.9 Å². The van der Waals surface area contributed by atoms with Crippen molar-refractivity contribution in [3.8, 4) is 0 Å². The highest BCUT2D eigenvalue weighted by Gasteiger charge is 2.26. The molecule has 1 saturated heterocycles. The summed E-state index contributed by atoms with van der Waals surface area (Å²) in [6.45, 7) is 11.9. The molecule has 0 radical (unpaired) electrons. The molecule has 1 fully saturated rings. The molecule has 96 valence electrons. The summed E-state index contributed by atoms with van der Waals surface area (Å²) < 4.78 is 11.9. The van der Waals surface area contributed by atoms with Gasteiger partial charge in [0.1, 0.15) is 0 Å². The Morgan fingerprint density at radius 1 is 1.19 bits per heavy atom. The van der Waals surface area contributed by atoms with Crippen molar-refractivity contribution in [3.05, 3.63) is 0 Å². The fraction of sp³-hybridized carbons (Fsp3) is 1.00. The quantitative estimate of drug-likeness (QED) is 0.727. The fourth-order valence-electron chi connectivity index (χ4n) is 2.11. The molecular weight excluding hydrogens is 200 g/mol. The molecule has 0 aromatic heterocycles. The summed E-state index contributed by atoms with van der Waals surface area (Å²) in [5, 5.41) is 0. The van der Waals surface area contributed by atoms with E-state index >= 15 is 0 Å². The molecule has 1 aliphatic heterocycles. The first-order valence-corrected chi connectivity index (χ1v) is 6.76. The van der Waals surface area contributed by atoms with E-state index in [9.17, 15) is 0 Å². The van der Waals surface area contributed by atoms with E-state index in [1.54, 1.807) is 0 Å². The summed E-state index contributed by atoms with van der Waals surface area (Å²) in [6.07, 6.45) is 3.90. The van der Waals surface area contributed by atoms with E-state index in [-0.39, 0.29) is 6.29 Å². The highest BCUT2D eigenvalue weighted by molar-refractivity contribution is 4.71. The summed E-state index contributed by atoms with van der Waals surface area (Å²) in [6, 6.07) is 0. The van der Waals surface area contributed by atoms with Crippen molar-refractivity contribution in [2.75, 3.05) is 6.61 Å². The molecule has 1 rings (SSSR count). The molecule has 0 amide bonds. The molecule has 2 nitrogen and oxygen atoms in total. The van der Waals surface area contributed by atoms with Gasteiger partial charge >= 0.3 is 0 Å². The zero-order valence-corrected chi connectivity index (χ0v) is 11.5. The van der Waals surface area contributed by atoms with Gasteiger partial charge in [0.25, 0.3) is 0 Å². The number of hydrogen-bond donors (Lipinski definition) is 0. The Bertz CT molecular complexity index is 189. The average molecular weight is 228 g/mol. The van der Waals surface area contributed by atoms with Gasteiger partial charge in [0.15, 0.2) is 6.29 Å². The highest BCUT2D eigenvalue weighted by atomic mass is 16.7. The summed E-state index contributed by atoms with van der Waals surface area (Å²) in [4.78, 5) is 0. The van der Waals surface area contributed by atoms with Crippen molar-refractivity contribution in [2.24, 2.45) is 17.8 Å². The first kappa shape index (κ1) is 14.0. The number of rotatable bonds is 4. The van der Waals surface area contributed by atoms with Crippen LogP contribution < -0.4 is 0 Å². The third kappa shape index (κ3) is 4.84. The van der Waals surface area contributed by atoms with E-state index in [4.69, 9.17) is 9.47 Å². The molecule has 0 aromatic carbocycles. The second kappa shape index (κ2) is 6.61. The molecule has 0 unspecified atom stereocenters. The third-order valence-corrected chi connectivity index (χ3v) is 3.22. The molecule has 0 aliphatic carbocycles. The second-order valence-corrected chi connectivity index (χ2v) is 5.99. The minimum atomic E-state index is 0.0206. The van der Waals surface area contributed by atoms with Crippen LogP contribution in [-0.4, -0.2) is 19.0 Å². The number of ether oxygens (including phenoxy) is 2. The molecule has 1 aliphatic rings. The predicted octanol–water partition coefficient (Wildman–Crippen LogP) is 3.85. The summed E-state index contributed by atoms with van der Waals surface area (Å²) in [5.41, 5.74) is 0. The van der Waals surface area contributed by atoms with Gasteiger partial charge in [0.2, 0.25) is 0 Å². The maximum atomic E-state index is 6.07. The van der Waals surface area contributed by atoms with Crippen LogP contribution in [0.15, 0.2) is 0 Å². The Hall–Kier alpha value is -0.0800. The molecule has 2 heteroatoms. The maximum absolute atomic E-state index is 6.07. The van der Waals surface area contributed by atoms with Gasteiger partial charge < -0.3 is 9.47 Å². The fourth-order valence-corrected chi connectivity index (χ4v) is 2.11. The molecule has 3 atom stereocenters.